The van der Waals surface area contributed by atoms with Crippen LogP contribution in [0, 0.1) is 10.5 Å². The third kappa shape index (κ3) is 3.01. The van der Waals surface area contributed by atoms with Crippen LogP contribution in [0.5, 0.6) is 0 Å². The molecule has 0 heterocycles. The Kier molecular flexibility index (Phi) is 3.86. The average molecular weight is 352 g/mol. The number of carbonyl (C=O) groups is 1. The van der Waals surface area contributed by atoms with Crippen LogP contribution in [-0.4, -0.2) is 5.91 Å². The number of nitrogens with two attached hydrogens (primary N) is 1. The van der Waals surface area contributed by atoms with Gasteiger partial charge in [0.05, 0.1) is 11.4 Å². The zero-order valence-corrected chi connectivity index (χ0v) is 12.1. The fraction of sp³-hybridized carbons (Fsp3) is 0.0714. The number of carbonyl (C=O) groups excluding carboxylic acids is 1. The van der Waals surface area contributed by atoms with Gasteiger partial charge >= 0.3 is 0 Å². The highest BCUT2D eigenvalue weighted by Gasteiger charge is 2.07. The number of halogens is 1. The van der Waals surface area contributed by atoms with Gasteiger partial charge in [0.2, 0.25) is 0 Å². The van der Waals surface area contributed by atoms with Crippen molar-refractivity contribution in [1.82, 2.24) is 0 Å². The van der Waals surface area contributed by atoms with Gasteiger partial charge in [-0.15, -0.1) is 0 Å². The number of aryl methyl sites for hydroxylation is 1. The van der Waals surface area contributed by atoms with E-state index < -0.39 is 0 Å². The summed E-state index contributed by atoms with van der Waals surface area (Å²) in [5, 5.41) is 2.81. The number of nitrogens with one attached hydrogen (secondary N) is 1. The molecule has 18 heavy (non-hydrogen) atoms. The molecule has 0 saturated heterocycles. The Morgan fingerprint density at radius 2 is 1.83 bits per heavy atom. The maximum atomic E-state index is 12.0. The average Bonchev–Trinajstić information content (AvgIpc) is 2.33. The highest BCUT2D eigenvalue weighted by molar-refractivity contribution is 14.1. The van der Waals surface area contributed by atoms with Crippen molar-refractivity contribution in [2.24, 2.45) is 0 Å². The maximum absolute atomic E-state index is 12.0. The van der Waals surface area contributed by atoms with Crippen molar-refractivity contribution < 1.29 is 4.79 Å². The molecule has 2 aromatic carbocycles. The first-order chi connectivity index (χ1) is 8.56. The minimum absolute atomic E-state index is 0.151. The predicted octanol–water partition coefficient (Wildman–Crippen LogP) is 3.43. The van der Waals surface area contributed by atoms with Gasteiger partial charge in [0.15, 0.2) is 0 Å². The Morgan fingerprint density at radius 1 is 1.17 bits per heavy atom. The molecule has 92 valence electrons. The van der Waals surface area contributed by atoms with Crippen LogP contribution in [0.2, 0.25) is 0 Å². The summed E-state index contributed by atoms with van der Waals surface area (Å²) in [5.74, 6) is -0.151. The summed E-state index contributed by atoms with van der Waals surface area (Å²) in [4.78, 5) is 12.0. The van der Waals surface area contributed by atoms with Crippen molar-refractivity contribution in [3.05, 3.63) is 57.2 Å². The molecule has 0 fully saturated rings. The van der Waals surface area contributed by atoms with Gasteiger partial charge in [-0.3, -0.25) is 4.79 Å². The molecule has 0 aliphatic heterocycles. The fourth-order valence-corrected chi connectivity index (χ4v) is 1.95. The molecule has 0 unspecified atom stereocenters. The zero-order chi connectivity index (χ0) is 13.1. The Hall–Kier alpha value is -1.56. The van der Waals surface area contributed by atoms with Crippen molar-refractivity contribution in [3.63, 3.8) is 0 Å². The van der Waals surface area contributed by atoms with E-state index in [0.717, 1.165) is 9.13 Å². The number of amides is 1. The number of hydrogen-bond acceptors (Lipinski definition) is 2. The first-order valence-corrected chi connectivity index (χ1v) is 6.57. The smallest absolute Gasteiger partial charge is 0.255 e. The minimum atomic E-state index is -0.151. The van der Waals surface area contributed by atoms with Gasteiger partial charge in [0.1, 0.15) is 0 Å². The molecule has 0 aromatic heterocycles. The van der Waals surface area contributed by atoms with Crippen LogP contribution < -0.4 is 11.1 Å². The standard InChI is InChI=1S/C14H13IN2O/c1-9-2-7-13(12(16)8-9)17-14(18)10-3-5-11(15)6-4-10/h2-8H,16H2,1H3,(H,17,18). The maximum Gasteiger partial charge on any atom is 0.255 e. The zero-order valence-electron chi connectivity index (χ0n) is 9.91. The van der Waals surface area contributed by atoms with Gasteiger partial charge in [-0.05, 0) is 71.5 Å². The lowest BCUT2D eigenvalue weighted by Gasteiger charge is -2.08. The summed E-state index contributed by atoms with van der Waals surface area (Å²) < 4.78 is 1.10. The van der Waals surface area contributed by atoms with E-state index in [-0.39, 0.29) is 5.91 Å². The van der Waals surface area contributed by atoms with Gasteiger partial charge in [0, 0.05) is 9.13 Å². The Balaban J connectivity index is 2.18. The summed E-state index contributed by atoms with van der Waals surface area (Å²) in [5.41, 5.74) is 8.77. The topological polar surface area (TPSA) is 55.1 Å². The van der Waals surface area contributed by atoms with Crippen LogP contribution in [-0.2, 0) is 0 Å². The molecule has 0 atom stereocenters. The molecule has 3 nitrogen and oxygen atoms in total. The van der Waals surface area contributed by atoms with E-state index in [2.05, 4.69) is 27.9 Å². The van der Waals surface area contributed by atoms with Crippen molar-refractivity contribution >= 4 is 39.9 Å². The molecule has 2 aromatic rings. The highest BCUT2D eigenvalue weighted by atomic mass is 127. The van der Waals surface area contributed by atoms with Gasteiger partial charge in [-0.2, -0.15) is 0 Å². The first-order valence-electron chi connectivity index (χ1n) is 5.49. The Bertz CT molecular complexity index is 579. The van der Waals surface area contributed by atoms with Gasteiger partial charge in [-0.1, -0.05) is 6.07 Å². The molecule has 0 bridgehead atoms. The number of nitrogen functional groups attached to an aromatic ring is 1. The van der Waals surface area contributed by atoms with Crippen LogP contribution in [0.4, 0.5) is 11.4 Å². The van der Waals surface area contributed by atoms with Crippen LogP contribution in [0.1, 0.15) is 15.9 Å². The third-order valence-electron chi connectivity index (χ3n) is 2.56. The Labute approximate surface area is 120 Å². The lowest BCUT2D eigenvalue weighted by Crippen LogP contribution is -2.13. The number of benzene rings is 2. The minimum Gasteiger partial charge on any atom is -0.397 e. The molecule has 1 amide bonds. The monoisotopic (exact) mass is 352 g/mol. The molecule has 2 rings (SSSR count). The van der Waals surface area contributed by atoms with Crippen LogP contribution in [0.3, 0.4) is 0 Å². The predicted molar refractivity (Wildman–Crippen MR) is 82.7 cm³/mol. The number of hydrogen-bond donors (Lipinski definition) is 2. The molecule has 0 aliphatic carbocycles. The second-order valence-electron chi connectivity index (χ2n) is 4.05. The second kappa shape index (κ2) is 5.39. The number of anilines is 2. The van der Waals surface area contributed by atoms with E-state index in [4.69, 9.17) is 5.73 Å². The lowest BCUT2D eigenvalue weighted by molar-refractivity contribution is 0.102. The molecule has 0 aliphatic rings. The quantitative estimate of drug-likeness (QED) is 0.643. The van der Waals surface area contributed by atoms with E-state index in [1.165, 1.54) is 0 Å². The fourth-order valence-electron chi connectivity index (χ4n) is 1.59. The Morgan fingerprint density at radius 3 is 2.44 bits per heavy atom. The molecular weight excluding hydrogens is 339 g/mol. The van der Waals surface area contributed by atoms with Crippen molar-refractivity contribution in [2.45, 2.75) is 6.92 Å². The molecule has 0 radical (unpaired) electrons. The van der Waals surface area contributed by atoms with Crippen molar-refractivity contribution in [2.75, 3.05) is 11.1 Å². The van der Waals surface area contributed by atoms with Crippen LogP contribution >= 0.6 is 22.6 Å². The first kappa shape index (κ1) is 12.9. The van der Waals surface area contributed by atoms with Crippen LogP contribution in [0.15, 0.2) is 42.5 Å². The summed E-state index contributed by atoms with van der Waals surface area (Å²) >= 11 is 2.20. The van der Waals surface area contributed by atoms with E-state index in [9.17, 15) is 4.79 Å². The van der Waals surface area contributed by atoms with Crippen molar-refractivity contribution in [3.8, 4) is 0 Å². The molecular formula is C14H13IN2O. The molecule has 4 heteroatoms. The van der Waals surface area contributed by atoms with Gasteiger partial charge in [-0.25, -0.2) is 0 Å². The molecule has 0 spiro atoms. The van der Waals surface area contributed by atoms with E-state index in [1.807, 2.05) is 37.3 Å². The van der Waals surface area contributed by atoms with Gasteiger partial charge in [0.25, 0.3) is 5.91 Å². The summed E-state index contributed by atoms with van der Waals surface area (Å²) in [6.45, 7) is 1.96. The number of rotatable bonds is 2. The summed E-state index contributed by atoms with van der Waals surface area (Å²) in [7, 11) is 0. The van der Waals surface area contributed by atoms with Gasteiger partial charge < -0.3 is 11.1 Å². The SMILES string of the molecule is Cc1ccc(NC(=O)c2ccc(I)cc2)c(N)c1. The lowest BCUT2D eigenvalue weighted by atomic mass is 10.1. The normalized spacial score (nSPS) is 10.1. The molecule has 0 saturated carbocycles. The highest BCUT2D eigenvalue weighted by Crippen LogP contribution is 2.20. The second-order valence-corrected chi connectivity index (χ2v) is 5.30. The van der Waals surface area contributed by atoms with E-state index in [1.54, 1.807) is 12.1 Å². The largest absolute Gasteiger partial charge is 0.397 e. The third-order valence-corrected chi connectivity index (χ3v) is 3.28. The summed E-state index contributed by atoms with van der Waals surface area (Å²) in [6, 6.07) is 12.9. The summed E-state index contributed by atoms with van der Waals surface area (Å²) in [6.07, 6.45) is 0. The van der Waals surface area contributed by atoms with Crippen LogP contribution in [0.25, 0.3) is 0 Å². The van der Waals surface area contributed by atoms with Crippen molar-refractivity contribution in [1.29, 1.82) is 0 Å². The van der Waals surface area contributed by atoms with E-state index in [0.29, 0.717) is 16.9 Å². The molecule has 3 N–H and O–H groups in total. The van der Waals surface area contributed by atoms with E-state index >= 15 is 0 Å².